The van der Waals surface area contributed by atoms with Crippen molar-refractivity contribution in [2.75, 3.05) is 0 Å². The molecule has 1 heterocycles. The first kappa shape index (κ1) is 15.3. The summed E-state index contributed by atoms with van der Waals surface area (Å²) in [5, 5.41) is 1.04. The minimum absolute atomic E-state index is 0.107. The molecular formula is C23H17NO. The number of hydrogen-bond acceptors (Lipinski definition) is 2. The molecule has 2 nitrogen and oxygen atoms in total. The second kappa shape index (κ2) is 6.70. The van der Waals surface area contributed by atoms with Gasteiger partial charge in [0.2, 0.25) is 0 Å². The summed E-state index contributed by atoms with van der Waals surface area (Å²) in [5.74, 6) is -0.219. The van der Waals surface area contributed by atoms with Gasteiger partial charge in [-0.2, -0.15) is 0 Å². The highest BCUT2D eigenvalue weighted by atomic mass is 16.1. The van der Waals surface area contributed by atoms with Crippen LogP contribution in [0.15, 0.2) is 97.2 Å². The summed E-state index contributed by atoms with van der Waals surface area (Å²) in [4.78, 5) is 17.6. The lowest BCUT2D eigenvalue weighted by Crippen LogP contribution is -2.14. The van der Waals surface area contributed by atoms with Gasteiger partial charge in [0.1, 0.15) is 0 Å². The number of rotatable bonds is 4. The monoisotopic (exact) mass is 323 g/mol. The predicted octanol–water partition coefficient (Wildman–Crippen LogP) is 5.25. The van der Waals surface area contributed by atoms with Gasteiger partial charge in [0.15, 0.2) is 5.78 Å². The minimum atomic E-state index is -0.326. The van der Waals surface area contributed by atoms with Crippen LogP contribution in [0, 0.1) is 0 Å². The lowest BCUT2D eigenvalue weighted by molar-refractivity contribution is 0.0974. The Kier molecular flexibility index (Phi) is 4.09. The second-order valence-corrected chi connectivity index (χ2v) is 6.03. The van der Waals surface area contributed by atoms with E-state index in [9.17, 15) is 4.79 Å². The third kappa shape index (κ3) is 3.07. The van der Waals surface area contributed by atoms with E-state index in [-0.39, 0.29) is 11.7 Å². The lowest BCUT2D eigenvalue weighted by atomic mass is 9.84. The van der Waals surface area contributed by atoms with E-state index in [4.69, 9.17) is 0 Å². The molecule has 0 fully saturated rings. The van der Waals surface area contributed by atoms with E-state index in [0.29, 0.717) is 0 Å². The molecule has 0 bridgehead atoms. The molecule has 4 rings (SSSR count). The smallest absolute Gasteiger partial charge is 0.174 e. The molecule has 4 aromatic rings. The fourth-order valence-corrected chi connectivity index (χ4v) is 3.18. The van der Waals surface area contributed by atoms with Crippen LogP contribution in [0.25, 0.3) is 10.9 Å². The molecule has 0 amide bonds. The third-order valence-electron chi connectivity index (χ3n) is 4.41. The molecule has 1 unspecified atom stereocenters. The van der Waals surface area contributed by atoms with Crippen LogP contribution in [0.2, 0.25) is 0 Å². The zero-order chi connectivity index (χ0) is 17.1. The number of nitrogens with zero attached hydrogens (tertiary/aromatic N) is 1. The molecule has 0 saturated carbocycles. The number of Topliss-reactive ketones (excluding diaryl/α,β-unsaturated/α-hetero) is 1. The maximum Gasteiger partial charge on any atom is 0.174 e. The van der Waals surface area contributed by atoms with Crippen LogP contribution in [-0.4, -0.2) is 10.8 Å². The van der Waals surface area contributed by atoms with Crippen molar-refractivity contribution in [3.05, 3.63) is 114 Å². The molecule has 0 saturated heterocycles. The normalized spacial score (nSPS) is 12.0. The Morgan fingerprint density at radius 3 is 2.20 bits per heavy atom. The van der Waals surface area contributed by atoms with Crippen molar-refractivity contribution in [1.82, 2.24) is 4.98 Å². The SMILES string of the molecule is O=C(c1ccccc1)C(c1ccccc1)c1ccc2ncccc2c1. The molecule has 0 radical (unpaired) electrons. The van der Waals surface area contributed by atoms with Crippen LogP contribution in [0.1, 0.15) is 27.4 Å². The Morgan fingerprint density at radius 2 is 1.44 bits per heavy atom. The summed E-state index contributed by atoms with van der Waals surface area (Å²) in [5.41, 5.74) is 3.65. The number of pyridine rings is 1. The van der Waals surface area contributed by atoms with Gasteiger partial charge in [0.05, 0.1) is 11.4 Å². The van der Waals surface area contributed by atoms with E-state index in [2.05, 4.69) is 11.1 Å². The van der Waals surface area contributed by atoms with Crippen LogP contribution >= 0.6 is 0 Å². The van der Waals surface area contributed by atoms with Crippen molar-refractivity contribution in [3.63, 3.8) is 0 Å². The Bertz CT molecular complexity index is 1010. The molecule has 1 aromatic heterocycles. The number of ketones is 1. The van der Waals surface area contributed by atoms with Gasteiger partial charge >= 0.3 is 0 Å². The lowest BCUT2D eigenvalue weighted by Gasteiger charge is -2.17. The van der Waals surface area contributed by atoms with Crippen molar-refractivity contribution < 1.29 is 4.79 Å². The maximum atomic E-state index is 13.3. The maximum absolute atomic E-state index is 13.3. The minimum Gasteiger partial charge on any atom is -0.293 e. The zero-order valence-electron chi connectivity index (χ0n) is 13.7. The molecule has 3 aromatic carbocycles. The Morgan fingerprint density at radius 1 is 0.720 bits per heavy atom. The van der Waals surface area contributed by atoms with E-state index in [1.54, 1.807) is 6.20 Å². The highest BCUT2D eigenvalue weighted by molar-refractivity contribution is 6.03. The van der Waals surface area contributed by atoms with Crippen molar-refractivity contribution in [2.45, 2.75) is 5.92 Å². The van der Waals surface area contributed by atoms with Gasteiger partial charge in [-0.1, -0.05) is 72.8 Å². The largest absolute Gasteiger partial charge is 0.293 e. The van der Waals surface area contributed by atoms with E-state index in [1.165, 1.54) is 0 Å². The van der Waals surface area contributed by atoms with Crippen molar-refractivity contribution in [2.24, 2.45) is 0 Å². The fraction of sp³-hybridized carbons (Fsp3) is 0.0435. The molecule has 0 spiro atoms. The van der Waals surface area contributed by atoms with E-state index >= 15 is 0 Å². The standard InChI is InChI=1S/C23H17NO/c25-23(18-10-5-2-6-11-18)22(17-8-3-1-4-9-17)20-13-14-21-19(16-20)12-7-15-24-21/h1-16,22H. The van der Waals surface area contributed by atoms with Gasteiger partial charge in [-0.25, -0.2) is 0 Å². The summed E-state index contributed by atoms with van der Waals surface area (Å²) < 4.78 is 0. The molecule has 0 aliphatic heterocycles. The van der Waals surface area contributed by atoms with Crippen molar-refractivity contribution in [1.29, 1.82) is 0 Å². The van der Waals surface area contributed by atoms with Crippen LogP contribution in [0.4, 0.5) is 0 Å². The Balaban J connectivity index is 1.86. The van der Waals surface area contributed by atoms with E-state index in [1.807, 2.05) is 84.9 Å². The summed E-state index contributed by atoms with van der Waals surface area (Å²) in [7, 11) is 0. The van der Waals surface area contributed by atoms with Gasteiger partial charge in [-0.05, 0) is 29.3 Å². The van der Waals surface area contributed by atoms with Gasteiger partial charge in [-0.3, -0.25) is 9.78 Å². The number of aromatic nitrogens is 1. The molecule has 0 aliphatic carbocycles. The Labute approximate surface area is 146 Å². The number of benzene rings is 3. The molecule has 2 heteroatoms. The van der Waals surface area contributed by atoms with Crippen LogP contribution in [-0.2, 0) is 0 Å². The predicted molar refractivity (Wildman–Crippen MR) is 101 cm³/mol. The van der Waals surface area contributed by atoms with E-state index in [0.717, 1.165) is 27.6 Å². The number of carbonyl (C=O) groups is 1. The van der Waals surface area contributed by atoms with Gasteiger partial charge in [0, 0.05) is 17.1 Å². The van der Waals surface area contributed by atoms with Gasteiger partial charge in [-0.15, -0.1) is 0 Å². The topological polar surface area (TPSA) is 30.0 Å². The summed E-state index contributed by atoms with van der Waals surface area (Å²) in [6, 6.07) is 29.4. The summed E-state index contributed by atoms with van der Waals surface area (Å²) in [6.45, 7) is 0. The summed E-state index contributed by atoms with van der Waals surface area (Å²) in [6.07, 6.45) is 1.78. The van der Waals surface area contributed by atoms with Crippen molar-refractivity contribution >= 4 is 16.7 Å². The Hall–Kier alpha value is -3.26. The first-order valence-electron chi connectivity index (χ1n) is 8.32. The van der Waals surface area contributed by atoms with Gasteiger partial charge in [0.25, 0.3) is 0 Å². The first-order chi connectivity index (χ1) is 12.3. The average molecular weight is 323 g/mol. The average Bonchev–Trinajstić information content (AvgIpc) is 2.69. The van der Waals surface area contributed by atoms with Crippen molar-refractivity contribution in [3.8, 4) is 0 Å². The first-order valence-corrected chi connectivity index (χ1v) is 8.32. The molecule has 120 valence electrons. The zero-order valence-corrected chi connectivity index (χ0v) is 13.7. The molecular weight excluding hydrogens is 306 g/mol. The molecule has 1 atom stereocenters. The number of carbonyl (C=O) groups excluding carboxylic acids is 1. The highest BCUT2D eigenvalue weighted by Gasteiger charge is 2.24. The van der Waals surface area contributed by atoms with E-state index < -0.39 is 0 Å². The van der Waals surface area contributed by atoms with Crippen LogP contribution in [0.5, 0.6) is 0 Å². The molecule has 0 N–H and O–H groups in total. The van der Waals surface area contributed by atoms with Crippen LogP contribution in [0.3, 0.4) is 0 Å². The quantitative estimate of drug-likeness (QED) is 0.480. The fourth-order valence-electron chi connectivity index (χ4n) is 3.18. The number of hydrogen-bond donors (Lipinski definition) is 0. The van der Waals surface area contributed by atoms with Crippen LogP contribution < -0.4 is 0 Å². The molecule has 0 aliphatic rings. The third-order valence-corrected chi connectivity index (χ3v) is 4.41. The number of fused-ring (bicyclic) bond motifs is 1. The summed E-state index contributed by atoms with van der Waals surface area (Å²) >= 11 is 0. The molecule has 25 heavy (non-hydrogen) atoms. The highest BCUT2D eigenvalue weighted by Crippen LogP contribution is 2.30. The van der Waals surface area contributed by atoms with Gasteiger partial charge < -0.3 is 0 Å². The second-order valence-electron chi connectivity index (χ2n) is 6.03.